The van der Waals surface area contributed by atoms with Gasteiger partial charge in [0, 0.05) is 17.0 Å². The van der Waals surface area contributed by atoms with Crippen LogP contribution in [0.15, 0.2) is 66.9 Å². The normalized spacial score (nSPS) is 11.1. The Balaban J connectivity index is 2.05. The van der Waals surface area contributed by atoms with Crippen molar-refractivity contribution >= 4 is 21.7 Å². The quantitative estimate of drug-likeness (QED) is 0.495. The molecule has 22 heavy (non-hydrogen) atoms. The Morgan fingerprint density at radius 3 is 2.36 bits per heavy atom. The minimum absolute atomic E-state index is 0.270. The Bertz CT molecular complexity index is 988. The Morgan fingerprint density at radius 2 is 1.55 bits per heavy atom. The van der Waals surface area contributed by atoms with Crippen molar-refractivity contribution in [3.63, 3.8) is 0 Å². The molecular formula is C20H15NO. The molecule has 0 fully saturated rings. The molecule has 0 aliphatic carbocycles. The molecule has 4 aromatic rings. The summed E-state index contributed by atoms with van der Waals surface area (Å²) in [5.74, 6) is 0.270. The van der Waals surface area contributed by atoms with Crippen molar-refractivity contribution in [3.8, 4) is 16.9 Å². The van der Waals surface area contributed by atoms with Gasteiger partial charge in [-0.2, -0.15) is 0 Å². The zero-order valence-corrected chi connectivity index (χ0v) is 12.2. The summed E-state index contributed by atoms with van der Waals surface area (Å²) in [5.41, 5.74) is 4.28. The summed E-state index contributed by atoms with van der Waals surface area (Å²) in [5, 5.41) is 13.3. The Morgan fingerprint density at radius 1 is 0.773 bits per heavy atom. The minimum atomic E-state index is 0.270. The summed E-state index contributed by atoms with van der Waals surface area (Å²) in [6.07, 6.45) is 1.74. The molecule has 0 bridgehead atoms. The lowest BCUT2D eigenvalue weighted by Crippen LogP contribution is -1.85. The van der Waals surface area contributed by atoms with Gasteiger partial charge in [0.25, 0.3) is 0 Å². The molecule has 1 N–H and O–H groups in total. The average Bonchev–Trinajstić information content (AvgIpc) is 2.55. The van der Waals surface area contributed by atoms with Crippen molar-refractivity contribution < 1.29 is 5.11 Å². The van der Waals surface area contributed by atoms with Crippen LogP contribution >= 0.6 is 0 Å². The Hall–Kier alpha value is -2.87. The maximum Gasteiger partial charge on any atom is 0.125 e. The fourth-order valence-electron chi connectivity index (χ4n) is 2.86. The van der Waals surface area contributed by atoms with Crippen molar-refractivity contribution in [3.05, 3.63) is 72.4 Å². The summed E-state index contributed by atoms with van der Waals surface area (Å²) in [6, 6.07) is 20.3. The van der Waals surface area contributed by atoms with Crippen LogP contribution in [0.4, 0.5) is 0 Å². The third-order valence-corrected chi connectivity index (χ3v) is 4.07. The highest BCUT2D eigenvalue weighted by Gasteiger charge is 2.08. The van der Waals surface area contributed by atoms with E-state index in [2.05, 4.69) is 42.2 Å². The highest BCUT2D eigenvalue weighted by atomic mass is 16.3. The number of nitrogens with zero attached hydrogens (tertiary/aromatic N) is 1. The second-order valence-corrected chi connectivity index (χ2v) is 5.60. The van der Waals surface area contributed by atoms with Gasteiger partial charge in [0.15, 0.2) is 0 Å². The van der Waals surface area contributed by atoms with Crippen molar-refractivity contribution in [1.29, 1.82) is 0 Å². The van der Waals surface area contributed by atoms with Gasteiger partial charge in [-0.15, -0.1) is 0 Å². The molecule has 1 heterocycles. The molecular weight excluding hydrogens is 270 g/mol. The van der Waals surface area contributed by atoms with Gasteiger partial charge in [-0.25, -0.2) is 0 Å². The van der Waals surface area contributed by atoms with Crippen LogP contribution in [0.5, 0.6) is 5.75 Å². The van der Waals surface area contributed by atoms with Gasteiger partial charge in [0.2, 0.25) is 0 Å². The van der Waals surface area contributed by atoms with Gasteiger partial charge in [0.1, 0.15) is 5.75 Å². The first-order chi connectivity index (χ1) is 10.7. The summed E-state index contributed by atoms with van der Waals surface area (Å²) in [4.78, 5) is 4.42. The monoisotopic (exact) mass is 285 g/mol. The maximum atomic E-state index is 10.4. The van der Waals surface area contributed by atoms with Gasteiger partial charge < -0.3 is 5.11 Å². The zero-order valence-electron chi connectivity index (χ0n) is 12.2. The number of benzene rings is 3. The van der Waals surface area contributed by atoms with Crippen LogP contribution in [0, 0.1) is 6.92 Å². The van der Waals surface area contributed by atoms with Crippen molar-refractivity contribution in [1.82, 2.24) is 4.98 Å². The van der Waals surface area contributed by atoms with Gasteiger partial charge in [0.05, 0.1) is 5.52 Å². The molecule has 2 nitrogen and oxygen atoms in total. The third kappa shape index (κ3) is 2.01. The van der Waals surface area contributed by atoms with Crippen LogP contribution in [0.25, 0.3) is 32.8 Å². The first kappa shape index (κ1) is 12.8. The molecule has 3 aromatic carbocycles. The van der Waals surface area contributed by atoms with E-state index in [-0.39, 0.29) is 5.75 Å². The molecule has 2 heteroatoms. The second-order valence-electron chi connectivity index (χ2n) is 5.60. The van der Waals surface area contributed by atoms with E-state index >= 15 is 0 Å². The van der Waals surface area contributed by atoms with Crippen molar-refractivity contribution in [2.75, 3.05) is 0 Å². The van der Waals surface area contributed by atoms with Crippen LogP contribution in [0.2, 0.25) is 0 Å². The second kappa shape index (κ2) is 4.85. The first-order valence-electron chi connectivity index (χ1n) is 7.30. The van der Waals surface area contributed by atoms with E-state index in [1.54, 1.807) is 6.20 Å². The van der Waals surface area contributed by atoms with E-state index in [0.717, 1.165) is 32.8 Å². The number of para-hydroxylation sites is 1. The van der Waals surface area contributed by atoms with Crippen molar-refractivity contribution in [2.45, 2.75) is 6.92 Å². The lowest BCUT2D eigenvalue weighted by Gasteiger charge is -2.09. The van der Waals surface area contributed by atoms with Gasteiger partial charge >= 0.3 is 0 Å². The van der Waals surface area contributed by atoms with Crippen LogP contribution in [-0.2, 0) is 0 Å². The lowest BCUT2D eigenvalue weighted by atomic mass is 9.98. The number of pyridine rings is 1. The smallest absolute Gasteiger partial charge is 0.125 e. The molecule has 0 spiro atoms. The van der Waals surface area contributed by atoms with E-state index < -0.39 is 0 Å². The van der Waals surface area contributed by atoms with E-state index in [1.165, 1.54) is 5.56 Å². The summed E-state index contributed by atoms with van der Waals surface area (Å²) in [7, 11) is 0. The number of phenols is 1. The molecule has 0 aliphatic heterocycles. The van der Waals surface area contributed by atoms with E-state index in [9.17, 15) is 5.11 Å². The Kier molecular flexibility index (Phi) is 2.83. The number of hydrogen-bond donors (Lipinski definition) is 1. The zero-order chi connectivity index (χ0) is 15.1. The number of phenolic OH excluding ortho intramolecular Hbond substituents is 1. The molecule has 0 unspecified atom stereocenters. The highest BCUT2D eigenvalue weighted by Crippen LogP contribution is 2.34. The fraction of sp³-hybridized carbons (Fsp3) is 0.0500. The molecule has 1 aromatic heterocycles. The SMILES string of the molecule is Cc1ccc(-c2cc(O)c3cnc4ccccc4c3c2)cc1. The highest BCUT2D eigenvalue weighted by molar-refractivity contribution is 6.08. The summed E-state index contributed by atoms with van der Waals surface area (Å²) >= 11 is 0. The first-order valence-corrected chi connectivity index (χ1v) is 7.30. The average molecular weight is 285 g/mol. The van der Waals surface area contributed by atoms with E-state index in [0.29, 0.717) is 0 Å². The molecule has 106 valence electrons. The predicted molar refractivity (Wildman–Crippen MR) is 91.1 cm³/mol. The molecule has 0 saturated carbocycles. The van der Waals surface area contributed by atoms with Crippen LogP contribution in [-0.4, -0.2) is 10.1 Å². The number of fused-ring (bicyclic) bond motifs is 3. The predicted octanol–water partition coefficient (Wildman–Crippen LogP) is 5.07. The lowest BCUT2D eigenvalue weighted by molar-refractivity contribution is 0.482. The van der Waals surface area contributed by atoms with Gasteiger partial charge in [-0.05, 0) is 41.6 Å². The number of hydrogen-bond acceptors (Lipinski definition) is 2. The van der Waals surface area contributed by atoms with Gasteiger partial charge in [-0.3, -0.25) is 4.98 Å². The molecule has 0 saturated heterocycles. The van der Waals surface area contributed by atoms with Crippen LogP contribution in [0.3, 0.4) is 0 Å². The van der Waals surface area contributed by atoms with E-state index in [4.69, 9.17) is 0 Å². The number of rotatable bonds is 1. The number of aryl methyl sites for hydroxylation is 1. The molecule has 0 atom stereocenters. The maximum absolute atomic E-state index is 10.4. The van der Waals surface area contributed by atoms with Crippen LogP contribution in [0.1, 0.15) is 5.56 Å². The van der Waals surface area contributed by atoms with Crippen molar-refractivity contribution in [2.24, 2.45) is 0 Å². The van der Waals surface area contributed by atoms with Gasteiger partial charge in [-0.1, -0.05) is 48.0 Å². The number of aromatic nitrogens is 1. The third-order valence-electron chi connectivity index (χ3n) is 4.07. The molecule has 0 amide bonds. The molecule has 0 radical (unpaired) electrons. The fourth-order valence-corrected chi connectivity index (χ4v) is 2.86. The summed E-state index contributed by atoms with van der Waals surface area (Å²) in [6.45, 7) is 2.07. The topological polar surface area (TPSA) is 33.1 Å². The number of aromatic hydroxyl groups is 1. The Labute approximate surface area is 128 Å². The molecule has 4 rings (SSSR count). The van der Waals surface area contributed by atoms with Crippen LogP contribution < -0.4 is 0 Å². The minimum Gasteiger partial charge on any atom is -0.507 e. The largest absolute Gasteiger partial charge is 0.507 e. The van der Waals surface area contributed by atoms with E-state index in [1.807, 2.05) is 30.3 Å². The molecule has 0 aliphatic rings. The standard InChI is InChI=1S/C20H15NO/c1-13-6-8-14(9-7-13)15-10-17-16-4-2-3-5-19(16)21-12-18(17)20(22)11-15/h2-12,22H,1H3. The summed E-state index contributed by atoms with van der Waals surface area (Å²) < 4.78 is 0.